The van der Waals surface area contributed by atoms with Crippen LogP contribution in [0, 0.1) is 0 Å². The number of pyridine rings is 1. The number of imidazole rings is 1. The molecular formula is C18H16N6O. The SMILES string of the molecule is c1cncc(-c2nc3c([nH]2)CN(Cc2cccc4nonc24)CC3)c1. The molecule has 0 radical (unpaired) electrons. The number of rotatable bonds is 3. The van der Waals surface area contributed by atoms with E-state index in [4.69, 9.17) is 9.61 Å². The normalized spacial score (nSPS) is 14.7. The predicted octanol–water partition coefficient (Wildman–Crippen LogP) is 2.57. The van der Waals surface area contributed by atoms with Gasteiger partial charge < -0.3 is 4.98 Å². The number of nitrogens with zero attached hydrogens (tertiary/aromatic N) is 5. The van der Waals surface area contributed by atoms with E-state index in [0.717, 1.165) is 59.7 Å². The molecule has 0 atom stereocenters. The maximum atomic E-state index is 4.86. The van der Waals surface area contributed by atoms with Gasteiger partial charge in [-0.1, -0.05) is 12.1 Å². The molecule has 0 spiro atoms. The zero-order valence-electron chi connectivity index (χ0n) is 13.5. The van der Waals surface area contributed by atoms with Gasteiger partial charge in [0.1, 0.15) is 16.9 Å². The van der Waals surface area contributed by atoms with Gasteiger partial charge in [-0.2, -0.15) is 0 Å². The van der Waals surface area contributed by atoms with E-state index >= 15 is 0 Å². The maximum Gasteiger partial charge on any atom is 0.139 e. The first-order chi connectivity index (χ1) is 12.4. The lowest BCUT2D eigenvalue weighted by Crippen LogP contribution is -2.30. The van der Waals surface area contributed by atoms with Crippen molar-refractivity contribution in [1.29, 1.82) is 0 Å². The first kappa shape index (κ1) is 14.3. The van der Waals surface area contributed by atoms with Gasteiger partial charge >= 0.3 is 0 Å². The van der Waals surface area contributed by atoms with Gasteiger partial charge in [0.15, 0.2) is 0 Å². The average Bonchev–Trinajstić information content (AvgIpc) is 3.29. The molecule has 0 aliphatic carbocycles. The fourth-order valence-corrected chi connectivity index (χ4v) is 3.35. The van der Waals surface area contributed by atoms with Gasteiger partial charge in [0.05, 0.1) is 11.4 Å². The van der Waals surface area contributed by atoms with Crippen LogP contribution in [0.2, 0.25) is 0 Å². The zero-order chi connectivity index (χ0) is 16.6. The highest BCUT2D eigenvalue weighted by Gasteiger charge is 2.21. The summed E-state index contributed by atoms with van der Waals surface area (Å²) in [7, 11) is 0. The largest absolute Gasteiger partial charge is 0.340 e. The summed E-state index contributed by atoms with van der Waals surface area (Å²) in [6.07, 6.45) is 4.53. The Morgan fingerprint density at radius 1 is 1.16 bits per heavy atom. The fourth-order valence-electron chi connectivity index (χ4n) is 3.35. The van der Waals surface area contributed by atoms with E-state index in [2.05, 4.69) is 31.2 Å². The molecule has 25 heavy (non-hydrogen) atoms. The van der Waals surface area contributed by atoms with E-state index < -0.39 is 0 Å². The van der Waals surface area contributed by atoms with Crippen molar-refractivity contribution in [2.45, 2.75) is 19.5 Å². The van der Waals surface area contributed by atoms with Crippen LogP contribution < -0.4 is 0 Å². The van der Waals surface area contributed by atoms with Gasteiger partial charge in [0.2, 0.25) is 0 Å². The van der Waals surface area contributed by atoms with Crippen LogP contribution >= 0.6 is 0 Å². The number of hydrogen-bond acceptors (Lipinski definition) is 6. The van der Waals surface area contributed by atoms with Crippen molar-refractivity contribution in [2.24, 2.45) is 0 Å². The average molecular weight is 332 g/mol. The second-order valence-electron chi connectivity index (χ2n) is 6.26. The van der Waals surface area contributed by atoms with E-state index in [1.54, 1.807) is 6.20 Å². The topological polar surface area (TPSA) is 83.7 Å². The van der Waals surface area contributed by atoms with Crippen LogP contribution in [0.5, 0.6) is 0 Å². The summed E-state index contributed by atoms with van der Waals surface area (Å²) in [5, 5.41) is 7.95. The van der Waals surface area contributed by atoms with Crippen molar-refractivity contribution < 1.29 is 4.63 Å². The summed E-state index contributed by atoms with van der Waals surface area (Å²) in [4.78, 5) is 14.8. The number of benzene rings is 1. The van der Waals surface area contributed by atoms with Gasteiger partial charge in [0.25, 0.3) is 0 Å². The molecule has 0 saturated heterocycles. The molecule has 1 aromatic carbocycles. The Labute approximate surface area is 143 Å². The van der Waals surface area contributed by atoms with Crippen LogP contribution in [0.4, 0.5) is 0 Å². The van der Waals surface area contributed by atoms with Gasteiger partial charge in [0, 0.05) is 44.0 Å². The Hall–Kier alpha value is -3.06. The molecule has 124 valence electrons. The molecule has 4 heterocycles. The predicted molar refractivity (Wildman–Crippen MR) is 91.4 cm³/mol. The quantitative estimate of drug-likeness (QED) is 0.621. The summed E-state index contributed by atoms with van der Waals surface area (Å²) in [6.45, 7) is 2.61. The lowest BCUT2D eigenvalue weighted by Gasteiger charge is -2.25. The third-order valence-corrected chi connectivity index (χ3v) is 4.61. The summed E-state index contributed by atoms with van der Waals surface area (Å²) < 4.78 is 4.86. The van der Waals surface area contributed by atoms with Crippen LogP contribution in [-0.4, -0.2) is 36.7 Å². The number of aromatic amines is 1. The minimum atomic E-state index is 0.801. The lowest BCUT2D eigenvalue weighted by molar-refractivity contribution is 0.242. The Kier molecular flexibility index (Phi) is 3.31. The fraction of sp³-hybridized carbons (Fsp3) is 0.222. The summed E-state index contributed by atoms with van der Waals surface area (Å²) in [6, 6.07) is 9.94. The highest BCUT2D eigenvalue weighted by atomic mass is 16.6. The first-order valence-corrected chi connectivity index (χ1v) is 8.27. The van der Waals surface area contributed by atoms with Crippen molar-refractivity contribution >= 4 is 11.0 Å². The number of H-pyrrole nitrogens is 1. The van der Waals surface area contributed by atoms with Gasteiger partial charge in [-0.05, 0) is 34.1 Å². The number of hydrogen-bond donors (Lipinski definition) is 1. The van der Waals surface area contributed by atoms with Crippen molar-refractivity contribution in [3.8, 4) is 11.4 Å². The van der Waals surface area contributed by atoms with Crippen LogP contribution in [0.1, 0.15) is 17.0 Å². The van der Waals surface area contributed by atoms with Crippen molar-refractivity contribution in [1.82, 2.24) is 30.2 Å². The van der Waals surface area contributed by atoms with Gasteiger partial charge in [-0.15, -0.1) is 0 Å². The second-order valence-corrected chi connectivity index (χ2v) is 6.26. The van der Waals surface area contributed by atoms with E-state index in [0.29, 0.717) is 0 Å². The van der Waals surface area contributed by atoms with E-state index in [1.807, 2.05) is 30.5 Å². The van der Waals surface area contributed by atoms with Gasteiger partial charge in [-0.25, -0.2) is 9.61 Å². The molecule has 4 aromatic rings. The Balaban J connectivity index is 1.39. The molecule has 7 heteroatoms. The van der Waals surface area contributed by atoms with Crippen LogP contribution in [0.3, 0.4) is 0 Å². The standard InChI is InChI=1S/C18H16N6O/c1-3-13(17-15(5-1)22-25-23-17)10-24-8-6-14-16(11-24)21-18(20-14)12-4-2-7-19-9-12/h1-5,7,9H,6,8,10-11H2,(H,20,21). The minimum absolute atomic E-state index is 0.801. The van der Waals surface area contributed by atoms with Crippen LogP contribution in [0.25, 0.3) is 22.4 Å². The summed E-state index contributed by atoms with van der Waals surface area (Å²) >= 11 is 0. The van der Waals surface area contributed by atoms with E-state index in [-0.39, 0.29) is 0 Å². The van der Waals surface area contributed by atoms with Crippen molar-refractivity contribution in [3.05, 3.63) is 59.7 Å². The second kappa shape index (κ2) is 5.78. The Morgan fingerprint density at radius 3 is 3.08 bits per heavy atom. The molecular weight excluding hydrogens is 316 g/mol. The monoisotopic (exact) mass is 332 g/mol. The summed E-state index contributed by atoms with van der Waals surface area (Å²) in [5.41, 5.74) is 6.12. The molecule has 5 rings (SSSR count). The van der Waals surface area contributed by atoms with Gasteiger partial charge in [-0.3, -0.25) is 9.88 Å². The first-order valence-electron chi connectivity index (χ1n) is 8.27. The van der Waals surface area contributed by atoms with Crippen molar-refractivity contribution in [2.75, 3.05) is 6.54 Å². The smallest absolute Gasteiger partial charge is 0.139 e. The lowest BCUT2D eigenvalue weighted by atomic mass is 10.1. The Morgan fingerprint density at radius 2 is 2.16 bits per heavy atom. The third-order valence-electron chi connectivity index (χ3n) is 4.61. The summed E-state index contributed by atoms with van der Waals surface area (Å²) in [5.74, 6) is 0.891. The molecule has 1 N–H and O–H groups in total. The molecule has 0 fully saturated rings. The number of fused-ring (bicyclic) bond motifs is 2. The van der Waals surface area contributed by atoms with Crippen LogP contribution in [0.15, 0.2) is 47.4 Å². The highest BCUT2D eigenvalue weighted by molar-refractivity contribution is 5.76. The number of nitrogens with one attached hydrogen (secondary N) is 1. The van der Waals surface area contributed by atoms with E-state index in [1.165, 1.54) is 5.69 Å². The number of aromatic nitrogens is 5. The maximum absolute atomic E-state index is 4.86. The van der Waals surface area contributed by atoms with E-state index in [9.17, 15) is 0 Å². The molecule has 0 saturated carbocycles. The Bertz CT molecular complexity index is 1020. The molecule has 1 aliphatic rings. The molecule has 0 amide bonds. The minimum Gasteiger partial charge on any atom is -0.340 e. The molecule has 0 bridgehead atoms. The third kappa shape index (κ3) is 2.58. The zero-order valence-corrected chi connectivity index (χ0v) is 13.5. The van der Waals surface area contributed by atoms with Crippen molar-refractivity contribution in [3.63, 3.8) is 0 Å². The highest BCUT2D eigenvalue weighted by Crippen LogP contribution is 2.24. The van der Waals surface area contributed by atoms with Crippen LogP contribution in [-0.2, 0) is 19.5 Å². The molecule has 3 aromatic heterocycles. The molecule has 7 nitrogen and oxygen atoms in total. The molecule has 1 aliphatic heterocycles. The molecule has 0 unspecified atom stereocenters.